The van der Waals surface area contributed by atoms with Crippen LogP contribution in [0.3, 0.4) is 0 Å². The van der Waals surface area contributed by atoms with E-state index in [2.05, 4.69) is 4.90 Å². The molecule has 1 aromatic rings. The number of piperidine rings is 1. The third-order valence-electron chi connectivity index (χ3n) is 3.73. The Morgan fingerprint density at radius 3 is 2.16 bits per heavy atom. The fraction of sp³-hybridized carbons (Fsp3) is 0.571. The van der Waals surface area contributed by atoms with Crippen LogP contribution < -0.4 is 5.73 Å². The fourth-order valence-corrected chi connectivity index (χ4v) is 2.44. The average molecular weight is 272 g/mol. The maximum absolute atomic E-state index is 12.4. The van der Waals surface area contributed by atoms with E-state index in [4.69, 9.17) is 5.73 Å². The molecule has 0 spiro atoms. The van der Waals surface area contributed by atoms with Crippen LogP contribution in [-0.2, 0) is 12.7 Å². The molecular weight excluding hydrogens is 253 g/mol. The number of nitrogens with zero attached hydrogens (tertiary/aromatic N) is 1. The van der Waals surface area contributed by atoms with E-state index in [1.54, 1.807) is 12.1 Å². The van der Waals surface area contributed by atoms with E-state index in [0.717, 1.165) is 56.7 Å². The van der Waals surface area contributed by atoms with Crippen molar-refractivity contribution >= 4 is 0 Å². The molecule has 0 atom stereocenters. The predicted octanol–water partition coefficient (Wildman–Crippen LogP) is 2.88. The highest BCUT2D eigenvalue weighted by molar-refractivity contribution is 5.24. The summed E-state index contributed by atoms with van der Waals surface area (Å²) in [5.74, 6) is 0.601. The topological polar surface area (TPSA) is 29.3 Å². The first-order valence-electron chi connectivity index (χ1n) is 6.57. The van der Waals surface area contributed by atoms with Gasteiger partial charge in [-0.2, -0.15) is 13.2 Å². The number of rotatable bonds is 3. The Morgan fingerprint density at radius 1 is 1.11 bits per heavy atom. The molecule has 1 saturated heterocycles. The molecule has 0 aromatic heterocycles. The Morgan fingerprint density at radius 2 is 1.68 bits per heavy atom. The van der Waals surface area contributed by atoms with Gasteiger partial charge in [0.15, 0.2) is 0 Å². The minimum Gasteiger partial charge on any atom is -0.330 e. The first-order valence-corrected chi connectivity index (χ1v) is 6.57. The van der Waals surface area contributed by atoms with Gasteiger partial charge in [-0.15, -0.1) is 0 Å². The van der Waals surface area contributed by atoms with E-state index in [1.165, 1.54) is 0 Å². The van der Waals surface area contributed by atoms with Crippen molar-refractivity contribution in [2.75, 3.05) is 19.6 Å². The van der Waals surface area contributed by atoms with Gasteiger partial charge in [-0.25, -0.2) is 0 Å². The molecule has 1 heterocycles. The van der Waals surface area contributed by atoms with E-state index in [9.17, 15) is 13.2 Å². The minimum atomic E-state index is -4.25. The van der Waals surface area contributed by atoms with Crippen molar-refractivity contribution in [3.05, 3.63) is 35.4 Å². The van der Waals surface area contributed by atoms with Crippen molar-refractivity contribution in [3.8, 4) is 0 Å². The van der Waals surface area contributed by atoms with Gasteiger partial charge in [0.1, 0.15) is 0 Å². The first kappa shape index (κ1) is 14.3. The molecular formula is C14H19F3N2. The van der Waals surface area contributed by atoms with Crippen LogP contribution in [-0.4, -0.2) is 24.5 Å². The molecule has 0 saturated carbocycles. The molecule has 106 valence electrons. The van der Waals surface area contributed by atoms with Crippen LogP contribution in [0.2, 0.25) is 0 Å². The zero-order valence-electron chi connectivity index (χ0n) is 10.8. The summed E-state index contributed by atoms with van der Waals surface area (Å²) >= 11 is 0. The van der Waals surface area contributed by atoms with Gasteiger partial charge in [0.25, 0.3) is 0 Å². The zero-order valence-corrected chi connectivity index (χ0v) is 10.8. The summed E-state index contributed by atoms with van der Waals surface area (Å²) in [6.45, 7) is 3.40. The van der Waals surface area contributed by atoms with Gasteiger partial charge in [-0.05, 0) is 56.1 Å². The van der Waals surface area contributed by atoms with Gasteiger partial charge in [-0.3, -0.25) is 4.90 Å². The predicted molar refractivity (Wildman–Crippen MR) is 68.5 cm³/mol. The van der Waals surface area contributed by atoms with E-state index < -0.39 is 11.7 Å². The second-order valence-electron chi connectivity index (χ2n) is 5.15. The summed E-state index contributed by atoms with van der Waals surface area (Å²) in [6.07, 6.45) is -2.09. The molecule has 1 aromatic carbocycles. The standard InChI is InChI=1S/C14H19F3N2/c15-14(16,17)13-3-1-12(2-4-13)10-19-7-5-11(9-18)6-8-19/h1-4,11H,5-10,18H2. The van der Waals surface area contributed by atoms with Crippen LogP contribution in [0.5, 0.6) is 0 Å². The highest BCUT2D eigenvalue weighted by Crippen LogP contribution is 2.29. The maximum Gasteiger partial charge on any atom is 0.416 e. The number of hydrogen-bond acceptors (Lipinski definition) is 2. The molecule has 0 amide bonds. The van der Waals surface area contributed by atoms with E-state index in [1.807, 2.05) is 0 Å². The highest BCUT2D eigenvalue weighted by atomic mass is 19.4. The van der Waals surface area contributed by atoms with Gasteiger partial charge < -0.3 is 5.73 Å². The molecule has 2 rings (SSSR count). The Balaban J connectivity index is 1.90. The van der Waals surface area contributed by atoms with Crippen LogP contribution in [0, 0.1) is 5.92 Å². The van der Waals surface area contributed by atoms with Crippen molar-refractivity contribution in [1.82, 2.24) is 4.90 Å². The second-order valence-corrected chi connectivity index (χ2v) is 5.15. The Kier molecular flexibility index (Phi) is 4.47. The van der Waals surface area contributed by atoms with Crippen molar-refractivity contribution < 1.29 is 13.2 Å². The SMILES string of the molecule is NCC1CCN(Cc2ccc(C(F)(F)F)cc2)CC1. The average Bonchev–Trinajstić information content (AvgIpc) is 2.39. The van der Waals surface area contributed by atoms with Crippen LogP contribution >= 0.6 is 0 Å². The van der Waals surface area contributed by atoms with Gasteiger partial charge in [0.2, 0.25) is 0 Å². The van der Waals surface area contributed by atoms with Gasteiger partial charge in [-0.1, -0.05) is 12.1 Å². The monoisotopic (exact) mass is 272 g/mol. The first-order chi connectivity index (χ1) is 8.99. The minimum absolute atomic E-state index is 0.585. The van der Waals surface area contributed by atoms with Gasteiger partial charge >= 0.3 is 6.18 Å². The van der Waals surface area contributed by atoms with Crippen LogP contribution in [0.25, 0.3) is 0 Å². The van der Waals surface area contributed by atoms with E-state index >= 15 is 0 Å². The Hall–Kier alpha value is -1.07. The molecule has 19 heavy (non-hydrogen) atoms. The Labute approximate surface area is 111 Å². The number of hydrogen-bond donors (Lipinski definition) is 1. The molecule has 2 N–H and O–H groups in total. The smallest absolute Gasteiger partial charge is 0.330 e. The normalized spacial score (nSPS) is 18.7. The maximum atomic E-state index is 12.4. The lowest BCUT2D eigenvalue weighted by Crippen LogP contribution is -2.35. The lowest BCUT2D eigenvalue weighted by molar-refractivity contribution is -0.137. The molecule has 1 fully saturated rings. The molecule has 2 nitrogen and oxygen atoms in total. The molecule has 1 aliphatic rings. The van der Waals surface area contributed by atoms with Crippen molar-refractivity contribution in [1.29, 1.82) is 0 Å². The number of nitrogens with two attached hydrogens (primary N) is 1. The van der Waals surface area contributed by atoms with Crippen LogP contribution in [0.15, 0.2) is 24.3 Å². The molecule has 1 aliphatic heterocycles. The molecule has 0 unspecified atom stereocenters. The van der Waals surface area contributed by atoms with E-state index in [-0.39, 0.29) is 0 Å². The lowest BCUT2D eigenvalue weighted by atomic mass is 9.97. The molecule has 0 bridgehead atoms. The quantitative estimate of drug-likeness (QED) is 0.916. The summed E-state index contributed by atoms with van der Waals surface area (Å²) in [7, 11) is 0. The van der Waals surface area contributed by atoms with E-state index in [0.29, 0.717) is 5.92 Å². The number of likely N-dealkylation sites (tertiary alicyclic amines) is 1. The molecule has 0 aliphatic carbocycles. The number of alkyl halides is 3. The molecule has 5 heteroatoms. The lowest BCUT2D eigenvalue weighted by Gasteiger charge is -2.31. The molecule has 0 radical (unpaired) electrons. The van der Waals surface area contributed by atoms with Gasteiger partial charge in [0, 0.05) is 6.54 Å². The van der Waals surface area contributed by atoms with Gasteiger partial charge in [0.05, 0.1) is 5.56 Å². The summed E-state index contributed by atoms with van der Waals surface area (Å²) in [5, 5.41) is 0. The Bertz CT molecular complexity index is 392. The number of halogens is 3. The van der Waals surface area contributed by atoms with Crippen molar-refractivity contribution in [2.24, 2.45) is 11.7 Å². The summed E-state index contributed by atoms with van der Waals surface area (Å²) < 4.78 is 37.3. The largest absolute Gasteiger partial charge is 0.416 e. The second kappa shape index (κ2) is 5.92. The third-order valence-corrected chi connectivity index (χ3v) is 3.73. The van der Waals surface area contributed by atoms with Crippen LogP contribution in [0.1, 0.15) is 24.0 Å². The third kappa shape index (κ3) is 3.94. The van der Waals surface area contributed by atoms with Crippen molar-refractivity contribution in [3.63, 3.8) is 0 Å². The summed E-state index contributed by atoms with van der Waals surface area (Å²) in [5.41, 5.74) is 5.98. The number of benzene rings is 1. The van der Waals surface area contributed by atoms with Crippen molar-refractivity contribution in [2.45, 2.75) is 25.6 Å². The fourth-order valence-electron chi connectivity index (χ4n) is 2.44. The highest BCUT2D eigenvalue weighted by Gasteiger charge is 2.30. The van der Waals surface area contributed by atoms with Crippen LogP contribution in [0.4, 0.5) is 13.2 Å². The summed E-state index contributed by atoms with van der Waals surface area (Å²) in [4.78, 5) is 2.27. The zero-order chi connectivity index (χ0) is 13.9. The summed E-state index contributed by atoms with van der Waals surface area (Å²) in [6, 6.07) is 5.44.